The molecular formula is C16H16BrFN2O. The van der Waals surface area contributed by atoms with E-state index < -0.39 is 5.54 Å². The minimum atomic E-state index is -0.612. The number of benzene rings is 2. The zero-order valence-corrected chi connectivity index (χ0v) is 13.4. The highest BCUT2D eigenvalue weighted by molar-refractivity contribution is 9.10. The van der Waals surface area contributed by atoms with Crippen LogP contribution in [0.3, 0.4) is 0 Å². The molecule has 21 heavy (non-hydrogen) atoms. The summed E-state index contributed by atoms with van der Waals surface area (Å²) in [7, 11) is 0. The molecule has 2 amide bonds. The van der Waals surface area contributed by atoms with Crippen LogP contribution in [-0.2, 0) is 5.54 Å². The number of hydrogen-bond acceptors (Lipinski definition) is 1. The minimum Gasteiger partial charge on any atom is -0.329 e. The summed E-state index contributed by atoms with van der Waals surface area (Å²) in [6.07, 6.45) is 0. The van der Waals surface area contributed by atoms with Crippen LogP contribution >= 0.6 is 15.9 Å². The van der Waals surface area contributed by atoms with Crippen molar-refractivity contribution in [3.8, 4) is 0 Å². The first-order valence-electron chi connectivity index (χ1n) is 6.48. The second kappa shape index (κ2) is 6.26. The molecule has 0 aliphatic rings. The van der Waals surface area contributed by atoms with Crippen molar-refractivity contribution < 1.29 is 9.18 Å². The molecule has 0 fully saturated rings. The van der Waals surface area contributed by atoms with E-state index in [1.54, 1.807) is 18.2 Å². The molecule has 0 aromatic heterocycles. The predicted molar refractivity (Wildman–Crippen MR) is 85.7 cm³/mol. The van der Waals surface area contributed by atoms with Gasteiger partial charge < -0.3 is 10.6 Å². The Morgan fingerprint density at radius 2 is 1.71 bits per heavy atom. The van der Waals surface area contributed by atoms with Gasteiger partial charge in [0.25, 0.3) is 0 Å². The molecule has 0 spiro atoms. The highest BCUT2D eigenvalue weighted by Crippen LogP contribution is 2.23. The van der Waals surface area contributed by atoms with Gasteiger partial charge in [-0.15, -0.1) is 0 Å². The van der Waals surface area contributed by atoms with Gasteiger partial charge in [0.15, 0.2) is 0 Å². The number of halogens is 2. The molecule has 0 radical (unpaired) electrons. The quantitative estimate of drug-likeness (QED) is 0.831. The zero-order valence-electron chi connectivity index (χ0n) is 11.8. The fourth-order valence-electron chi connectivity index (χ4n) is 1.94. The summed E-state index contributed by atoms with van der Waals surface area (Å²) >= 11 is 3.37. The third-order valence-corrected chi connectivity index (χ3v) is 3.81. The first kappa shape index (κ1) is 15.5. The number of nitrogens with one attached hydrogen (secondary N) is 2. The summed E-state index contributed by atoms with van der Waals surface area (Å²) < 4.78 is 13.8. The van der Waals surface area contributed by atoms with Crippen molar-refractivity contribution in [2.24, 2.45) is 0 Å². The van der Waals surface area contributed by atoms with Gasteiger partial charge in [0.1, 0.15) is 5.82 Å². The Hall–Kier alpha value is -1.88. The van der Waals surface area contributed by atoms with Crippen LogP contribution in [0.15, 0.2) is 53.0 Å². The van der Waals surface area contributed by atoms with Gasteiger partial charge in [-0.1, -0.05) is 24.3 Å². The van der Waals surface area contributed by atoms with Crippen LogP contribution in [0.2, 0.25) is 0 Å². The number of amides is 2. The lowest BCUT2D eigenvalue weighted by molar-refractivity contribution is 0.242. The number of urea groups is 1. The van der Waals surface area contributed by atoms with Gasteiger partial charge in [0, 0.05) is 4.47 Å². The average molecular weight is 351 g/mol. The molecule has 5 heteroatoms. The van der Waals surface area contributed by atoms with Gasteiger partial charge in [0.2, 0.25) is 0 Å². The Kier molecular flexibility index (Phi) is 4.63. The maximum absolute atomic E-state index is 13.0. The van der Waals surface area contributed by atoms with Crippen LogP contribution in [0.5, 0.6) is 0 Å². The van der Waals surface area contributed by atoms with E-state index in [4.69, 9.17) is 0 Å². The second-order valence-electron chi connectivity index (χ2n) is 5.19. The van der Waals surface area contributed by atoms with Crippen LogP contribution in [0.1, 0.15) is 19.4 Å². The molecule has 0 aliphatic carbocycles. The van der Waals surface area contributed by atoms with Crippen molar-refractivity contribution in [2.45, 2.75) is 19.4 Å². The summed E-state index contributed by atoms with van der Waals surface area (Å²) in [5.41, 5.74) is 0.898. The molecular weight excluding hydrogens is 335 g/mol. The van der Waals surface area contributed by atoms with Crippen molar-refractivity contribution in [3.05, 3.63) is 64.4 Å². The molecule has 0 bridgehead atoms. The van der Waals surface area contributed by atoms with Crippen LogP contribution in [0.25, 0.3) is 0 Å². The van der Waals surface area contributed by atoms with Gasteiger partial charge in [-0.3, -0.25) is 0 Å². The number of carbonyl (C=O) groups excluding carboxylic acids is 1. The number of carbonyl (C=O) groups is 1. The van der Waals surface area contributed by atoms with Crippen LogP contribution in [0, 0.1) is 5.82 Å². The minimum absolute atomic E-state index is 0.299. The number of anilines is 1. The molecule has 0 aliphatic heterocycles. The van der Waals surface area contributed by atoms with E-state index in [1.807, 2.05) is 32.0 Å². The number of rotatable bonds is 3. The highest BCUT2D eigenvalue weighted by Gasteiger charge is 2.23. The Bertz CT molecular complexity index is 641. The van der Waals surface area contributed by atoms with E-state index in [-0.39, 0.29) is 11.8 Å². The first-order valence-corrected chi connectivity index (χ1v) is 7.27. The van der Waals surface area contributed by atoms with E-state index in [0.29, 0.717) is 5.69 Å². The summed E-state index contributed by atoms with van der Waals surface area (Å²) in [6.45, 7) is 3.72. The lowest BCUT2D eigenvalue weighted by Crippen LogP contribution is -2.43. The third-order valence-electron chi connectivity index (χ3n) is 3.11. The Morgan fingerprint density at radius 3 is 2.33 bits per heavy atom. The molecule has 2 N–H and O–H groups in total. The summed E-state index contributed by atoms with van der Waals surface area (Å²) in [5.74, 6) is -0.299. The number of para-hydroxylation sites is 1. The summed E-state index contributed by atoms with van der Waals surface area (Å²) in [4.78, 5) is 12.1. The maximum atomic E-state index is 13.0. The SMILES string of the molecule is CC(C)(NC(=O)Nc1ccccc1Br)c1ccc(F)cc1. The molecule has 110 valence electrons. The average Bonchev–Trinajstić information content (AvgIpc) is 2.41. The Labute approximate surface area is 131 Å². The van der Waals surface area contributed by atoms with E-state index in [1.165, 1.54) is 12.1 Å². The first-order chi connectivity index (χ1) is 9.88. The topological polar surface area (TPSA) is 41.1 Å². The van der Waals surface area contributed by atoms with E-state index in [0.717, 1.165) is 10.0 Å². The Balaban J connectivity index is 2.08. The predicted octanol–water partition coefficient (Wildman–Crippen LogP) is 4.65. The van der Waals surface area contributed by atoms with Gasteiger partial charge in [0.05, 0.1) is 11.2 Å². The standard InChI is InChI=1S/C16H16BrFN2O/c1-16(2,11-7-9-12(18)10-8-11)20-15(21)19-14-6-4-3-5-13(14)17/h3-10H,1-2H3,(H2,19,20,21). The molecule has 0 saturated carbocycles. The van der Waals surface area contributed by atoms with Crippen molar-refractivity contribution in [1.82, 2.24) is 5.32 Å². The summed E-state index contributed by atoms with van der Waals surface area (Å²) in [6, 6.07) is 13.1. The molecule has 2 rings (SSSR count). The Morgan fingerprint density at radius 1 is 1.10 bits per heavy atom. The smallest absolute Gasteiger partial charge is 0.319 e. The molecule has 2 aromatic carbocycles. The van der Waals surface area contributed by atoms with Gasteiger partial charge >= 0.3 is 6.03 Å². The van der Waals surface area contributed by atoms with E-state index >= 15 is 0 Å². The molecule has 2 aromatic rings. The maximum Gasteiger partial charge on any atom is 0.319 e. The fourth-order valence-corrected chi connectivity index (χ4v) is 2.32. The third kappa shape index (κ3) is 4.04. The fraction of sp³-hybridized carbons (Fsp3) is 0.188. The van der Waals surface area contributed by atoms with Gasteiger partial charge in [-0.25, -0.2) is 9.18 Å². The highest BCUT2D eigenvalue weighted by atomic mass is 79.9. The van der Waals surface area contributed by atoms with Gasteiger partial charge in [-0.05, 0) is 59.6 Å². The van der Waals surface area contributed by atoms with Crippen LogP contribution in [-0.4, -0.2) is 6.03 Å². The van der Waals surface area contributed by atoms with Crippen molar-refractivity contribution in [2.75, 3.05) is 5.32 Å². The van der Waals surface area contributed by atoms with Crippen LogP contribution < -0.4 is 10.6 Å². The summed E-state index contributed by atoms with van der Waals surface area (Å²) in [5, 5.41) is 5.65. The van der Waals surface area contributed by atoms with Crippen LogP contribution in [0.4, 0.5) is 14.9 Å². The van der Waals surface area contributed by atoms with Crippen molar-refractivity contribution >= 4 is 27.6 Å². The van der Waals surface area contributed by atoms with E-state index in [9.17, 15) is 9.18 Å². The second-order valence-corrected chi connectivity index (χ2v) is 6.05. The largest absolute Gasteiger partial charge is 0.329 e. The molecule has 0 saturated heterocycles. The van der Waals surface area contributed by atoms with Gasteiger partial charge in [-0.2, -0.15) is 0 Å². The molecule has 0 heterocycles. The normalized spacial score (nSPS) is 11.0. The van der Waals surface area contributed by atoms with Crippen molar-refractivity contribution in [1.29, 1.82) is 0 Å². The molecule has 3 nitrogen and oxygen atoms in total. The lowest BCUT2D eigenvalue weighted by Gasteiger charge is -2.27. The monoisotopic (exact) mass is 350 g/mol. The van der Waals surface area contributed by atoms with E-state index in [2.05, 4.69) is 26.6 Å². The number of hydrogen-bond donors (Lipinski definition) is 2. The van der Waals surface area contributed by atoms with Crippen molar-refractivity contribution in [3.63, 3.8) is 0 Å². The zero-order chi connectivity index (χ0) is 15.5. The molecule has 0 unspecified atom stereocenters. The lowest BCUT2D eigenvalue weighted by atomic mass is 9.94. The molecule has 0 atom stereocenters.